The van der Waals surface area contributed by atoms with E-state index in [1.54, 1.807) is 17.4 Å². The molecule has 2 heterocycles. The highest BCUT2D eigenvalue weighted by molar-refractivity contribution is 7.10. The van der Waals surface area contributed by atoms with Crippen LogP contribution in [0.1, 0.15) is 28.1 Å². The fourth-order valence-electron chi connectivity index (χ4n) is 4.16. The molecule has 0 aliphatic carbocycles. The summed E-state index contributed by atoms with van der Waals surface area (Å²) in [6, 6.07) is 30.7. The maximum Gasteiger partial charge on any atom is 0.244 e. The van der Waals surface area contributed by atoms with E-state index in [4.69, 9.17) is 31.5 Å². The van der Waals surface area contributed by atoms with E-state index in [2.05, 4.69) is 87.8 Å². The molecular formula is C28H27N5O4S. The Labute approximate surface area is 223 Å². The second-order valence-electron chi connectivity index (χ2n) is 8.42. The van der Waals surface area contributed by atoms with E-state index in [-0.39, 0.29) is 12.1 Å². The summed E-state index contributed by atoms with van der Waals surface area (Å²) in [6.07, 6.45) is 6.17. The molecule has 0 aliphatic rings. The van der Waals surface area contributed by atoms with Gasteiger partial charge in [-0.15, -0.1) is 11.3 Å². The van der Waals surface area contributed by atoms with Crippen LogP contribution in [0.15, 0.2) is 115 Å². The lowest BCUT2D eigenvalue weighted by Gasteiger charge is -2.18. The number of nitrogen functional groups attached to an aromatic ring is 2. The Morgan fingerprint density at radius 1 is 0.921 bits per heavy atom. The monoisotopic (exact) mass is 529 g/mol. The van der Waals surface area contributed by atoms with Gasteiger partial charge in [-0.05, 0) is 29.6 Å². The zero-order valence-electron chi connectivity index (χ0n) is 20.4. The molecule has 4 N–H and O–H groups in total. The van der Waals surface area contributed by atoms with E-state index >= 15 is 0 Å². The van der Waals surface area contributed by atoms with E-state index in [0.29, 0.717) is 23.7 Å². The predicted molar refractivity (Wildman–Crippen MR) is 148 cm³/mol. The molecule has 0 fully saturated rings. The summed E-state index contributed by atoms with van der Waals surface area (Å²) in [5, 5.41) is 16.8. The summed E-state index contributed by atoms with van der Waals surface area (Å²) >= 11 is 1.67. The molecule has 0 amide bonds. The molecule has 0 radical (unpaired) electrons. The van der Waals surface area contributed by atoms with Crippen molar-refractivity contribution < 1.29 is 14.4 Å². The van der Waals surface area contributed by atoms with Gasteiger partial charge in [0.1, 0.15) is 24.7 Å². The standard InChI is InChI=1S/C28H27N4OS.NO3/c29-23-13-14-25(24(30)18-23)33-26(27-12-7-17-34-27)19-31-15-16-32(20-31)28(21-8-3-1-4-9-21)22-10-5-2-6-11-22;2-1(3)4/h1-18,20,26,28H,19,29-30H2;/q+1;-1. The Morgan fingerprint density at radius 2 is 1.55 bits per heavy atom. The highest BCUT2D eigenvalue weighted by Gasteiger charge is 2.24. The zero-order valence-corrected chi connectivity index (χ0v) is 21.2. The van der Waals surface area contributed by atoms with Gasteiger partial charge in [-0.2, -0.15) is 0 Å². The third-order valence-corrected chi connectivity index (χ3v) is 6.75. The van der Waals surface area contributed by atoms with Gasteiger partial charge in [-0.3, -0.25) is 0 Å². The summed E-state index contributed by atoms with van der Waals surface area (Å²) in [4.78, 5) is 9.39. The van der Waals surface area contributed by atoms with E-state index < -0.39 is 5.09 Å². The average Bonchev–Trinajstić information content (AvgIpc) is 3.59. The lowest BCUT2D eigenvalue weighted by Crippen LogP contribution is -2.36. The van der Waals surface area contributed by atoms with Crippen molar-refractivity contribution in [2.45, 2.75) is 18.7 Å². The smallest absolute Gasteiger partial charge is 0.244 e. The number of ether oxygens (including phenoxy) is 1. The van der Waals surface area contributed by atoms with Gasteiger partial charge in [0.2, 0.25) is 6.33 Å². The van der Waals surface area contributed by atoms with Crippen LogP contribution in [0.25, 0.3) is 0 Å². The molecule has 1 unspecified atom stereocenters. The van der Waals surface area contributed by atoms with Crippen LogP contribution < -0.4 is 20.8 Å². The van der Waals surface area contributed by atoms with Crippen molar-refractivity contribution in [3.63, 3.8) is 0 Å². The number of hydrogen-bond donors (Lipinski definition) is 2. The Balaban J connectivity index is 0.000000786. The summed E-state index contributed by atoms with van der Waals surface area (Å²) < 4.78 is 10.8. The number of anilines is 2. The first-order valence-electron chi connectivity index (χ1n) is 11.7. The molecule has 1 atom stereocenters. The van der Waals surface area contributed by atoms with Gasteiger partial charge in [0.15, 0.2) is 12.1 Å². The molecule has 2 aromatic heterocycles. The highest BCUT2D eigenvalue weighted by atomic mass is 32.1. The Hall–Kier alpha value is -4.83. The van der Waals surface area contributed by atoms with Crippen LogP contribution in [0.3, 0.4) is 0 Å². The first-order valence-corrected chi connectivity index (χ1v) is 12.6. The second-order valence-corrected chi connectivity index (χ2v) is 9.40. The number of aromatic nitrogens is 2. The summed E-state index contributed by atoms with van der Waals surface area (Å²) in [6.45, 7) is 0.646. The fraction of sp³-hybridized carbons (Fsp3) is 0.107. The van der Waals surface area contributed by atoms with E-state index in [1.807, 2.05) is 30.3 Å². The van der Waals surface area contributed by atoms with Crippen LogP contribution in [0.5, 0.6) is 5.75 Å². The van der Waals surface area contributed by atoms with Gasteiger partial charge < -0.3 is 31.5 Å². The van der Waals surface area contributed by atoms with Gasteiger partial charge in [-0.25, -0.2) is 9.13 Å². The number of hydrogen-bond acceptors (Lipinski definition) is 7. The van der Waals surface area contributed by atoms with Crippen molar-refractivity contribution in [3.8, 4) is 5.75 Å². The van der Waals surface area contributed by atoms with Gasteiger partial charge >= 0.3 is 0 Å². The topological polar surface area (TPSA) is 136 Å². The van der Waals surface area contributed by atoms with Gasteiger partial charge in [0.25, 0.3) is 0 Å². The Morgan fingerprint density at radius 3 is 2.11 bits per heavy atom. The lowest BCUT2D eigenvalue weighted by molar-refractivity contribution is -0.703. The molecule has 9 nitrogen and oxygen atoms in total. The van der Waals surface area contributed by atoms with Gasteiger partial charge in [-0.1, -0.05) is 66.7 Å². The molecule has 0 aliphatic heterocycles. The Kier molecular flexibility index (Phi) is 8.57. The predicted octanol–water partition coefficient (Wildman–Crippen LogP) is 5.22. The molecule has 194 valence electrons. The largest absolute Gasteiger partial charge is 0.479 e. The summed E-state index contributed by atoms with van der Waals surface area (Å²) in [5.41, 5.74) is 15.7. The molecule has 5 aromatic rings. The Bertz CT molecular complexity index is 1400. The molecule has 0 saturated carbocycles. The minimum Gasteiger partial charge on any atom is -0.479 e. The van der Waals surface area contributed by atoms with Crippen molar-refractivity contribution in [3.05, 3.63) is 146 Å². The molecular weight excluding hydrogens is 502 g/mol. The fourth-order valence-corrected chi connectivity index (χ4v) is 4.90. The van der Waals surface area contributed by atoms with Crippen LogP contribution in [0.4, 0.5) is 11.4 Å². The number of nitrogens with zero attached hydrogens (tertiary/aromatic N) is 3. The average molecular weight is 530 g/mol. The molecule has 5 rings (SSSR count). The number of imidazole rings is 1. The SMILES string of the molecule is Nc1ccc(OC(C[n+]2ccn(C(c3ccccc3)c3ccccc3)c2)c2cccs2)c(N)c1.O=[N+]([O-])[O-]. The zero-order chi connectivity index (χ0) is 26.9. The van der Waals surface area contributed by atoms with E-state index in [1.165, 1.54) is 11.1 Å². The number of benzene rings is 3. The first-order chi connectivity index (χ1) is 18.4. The number of nitrogens with two attached hydrogens (primary N) is 2. The number of thiophene rings is 1. The molecule has 38 heavy (non-hydrogen) atoms. The van der Waals surface area contributed by atoms with Crippen molar-refractivity contribution in [2.24, 2.45) is 0 Å². The van der Waals surface area contributed by atoms with Crippen molar-refractivity contribution >= 4 is 22.7 Å². The molecule has 0 bridgehead atoms. The van der Waals surface area contributed by atoms with Gasteiger partial charge in [0, 0.05) is 21.7 Å². The minimum atomic E-state index is -1.75. The molecule has 10 heteroatoms. The normalized spacial score (nSPS) is 11.4. The van der Waals surface area contributed by atoms with Crippen LogP contribution in [-0.4, -0.2) is 9.65 Å². The maximum atomic E-state index is 8.25. The van der Waals surface area contributed by atoms with Crippen LogP contribution >= 0.6 is 11.3 Å². The van der Waals surface area contributed by atoms with Crippen LogP contribution in [0, 0.1) is 15.3 Å². The lowest BCUT2D eigenvalue weighted by atomic mass is 9.99. The summed E-state index contributed by atoms with van der Waals surface area (Å²) in [7, 11) is 0. The first kappa shape index (κ1) is 26.2. The van der Waals surface area contributed by atoms with Crippen molar-refractivity contribution in [1.29, 1.82) is 0 Å². The quantitative estimate of drug-likeness (QED) is 0.122. The molecule has 3 aromatic carbocycles. The third-order valence-electron chi connectivity index (χ3n) is 5.78. The maximum absolute atomic E-state index is 8.25. The van der Waals surface area contributed by atoms with E-state index in [0.717, 1.165) is 4.88 Å². The number of rotatable bonds is 8. The molecule has 0 saturated heterocycles. The highest BCUT2D eigenvalue weighted by Crippen LogP contribution is 2.31. The van der Waals surface area contributed by atoms with Crippen molar-refractivity contribution in [1.82, 2.24) is 4.57 Å². The van der Waals surface area contributed by atoms with E-state index in [9.17, 15) is 0 Å². The van der Waals surface area contributed by atoms with Crippen LogP contribution in [-0.2, 0) is 6.54 Å². The van der Waals surface area contributed by atoms with Crippen LogP contribution in [0.2, 0.25) is 0 Å². The third kappa shape index (κ3) is 6.89. The minimum absolute atomic E-state index is 0.0810. The second kappa shape index (κ2) is 12.4. The van der Waals surface area contributed by atoms with Crippen molar-refractivity contribution in [2.75, 3.05) is 11.5 Å². The summed E-state index contributed by atoms with van der Waals surface area (Å²) in [5.74, 6) is 0.638. The van der Waals surface area contributed by atoms with Gasteiger partial charge in [0.05, 0.1) is 10.8 Å². The molecule has 0 spiro atoms.